The van der Waals surface area contributed by atoms with E-state index in [0.29, 0.717) is 5.92 Å². The van der Waals surface area contributed by atoms with Gasteiger partial charge in [-0.25, -0.2) is 4.67 Å². The van der Waals surface area contributed by atoms with E-state index in [2.05, 4.69) is 54.4 Å². The molecule has 0 bridgehead atoms. The summed E-state index contributed by atoms with van der Waals surface area (Å²) in [6.07, 6.45) is 0. The molecule has 0 unspecified atom stereocenters. The van der Waals surface area contributed by atoms with E-state index < -0.39 is 6.57 Å². The van der Waals surface area contributed by atoms with Crippen LogP contribution in [-0.2, 0) is 16.3 Å². The first-order chi connectivity index (χ1) is 9.25. The zero-order valence-corrected chi connectivity index (χ0v) is 14.7. The summed E-state index contributed by atoms with van der Waals surface area (Å²) >= 11 is 5.90. The normalized spacial score (nSPS) is 27.9. The number of rotatable bonds is 2. The molecule has 1 aliphatic rings. The van der Waals surface area contributed by atoms with Gasteiger partial charge in [0.25, 0.3) is 0 Å². The first-order valence-corrected chi connectivity index (χ1v) is 9.63. The zero-order valence-electron chi connectivity index (χ0n) is 13.0. The van der Waals surface area contributed by atoms with Crippen LogP contribution in [0.2, 0.25) is 0 Å². The van der Waals surface area contributed by atoms with E-state index >= 15 is 0 Å². The van der Waals surface area contributed by atoms with Crippen LogP contribution in [0.5, 0.6) is 0 Å². The van der Waals surface area contributed by atoms with E-state index in [-0.39, 0.29) is 5.41 Å². The number of nitrogens with zero attached hydrogens (tertiary/aromatic N) is 2. The summed E-state index contributed by atoms with van der Waals surface area (Å²) in [6.45, 7) is 6.41. The molecule has 1 heterocycles. The third-order valence-electron chi connectivity index (χ3n) is 3.93. The second kappa shape index (κ2) is 5.76. The van der Waals surface area contributed by atoms with E-state index in [1.54, 1.807) is 0 Å². The topological polar surface area (TPSA) is 15.7 Å². The largest absolute Gasteiger partial charge is 0.322 e. The molecule has 1 fully saturated rings. The van der Waals surface area contributed by atoms with Crippen molar-refractivity contribution >= 4 is 24.1 Å². The molecule has 20 heavy (non-hydrogen) atoms. The molecule has 5 heteroatoms. The minimum atomic E-state index is -2.12. The van der Waals surface area contributed by atoms with Gasteiger partial charge in [0, 0.05) is 18.2 Å². The van der Waals surface area contributed by atoms with Crippen molar-refractivity contribution in [3.63, 3.8) is 0 Å². The van der Waals surface area contributed by atoms with Crippen molar-refractivity contribution in [1.82, 2.24) is 4.67 Å². The molecule has 2 rings (SSSR count). The molecule has 0 aromatic heterocycles. The lowest BCUT2D eigenvalue weighted by Crippen LogP contribution is -2.44. The van der Waals surface area contributed by atoms with Crippen molar-refractivity contribution < 1.29 is 4.52 Å². The molecule has 3 nitrogen and oxygen atoms in total. The van der Waals surface area contributed by atoms with Crippen molar-refractivity contribution in [1.29, 1.82) is 0 Å². The lowest BCUT2D eigenvalue weighted by Gasteiger charge is -2.48. The van der Waals surface area contributed by atoms with Crippen molar-refractivity contribution in [2.75, 3.05) is 31.9 Å². The van der Waals surface area contributed by atoms with Crippen LogP contribution in [0.4, 0.5) is 5.69 Å². The molecule has 1 aliphatic heterocycles. The van der Waals surface area contributed by atoms with Gasteiger partial charge in [-0.3, -0.25) is 0 Å². The minimum absolute atomic E-state index is 0.222. The SMILES string of the molecule is CN(C)[P@@]1(=S)OC[C@H](C(C)(C)C)CN1c1ccccc1. The summed E-state index contributed by atoms with van der Waals surface area (Å²) in [5.41, 5.74) is 1.39. The van der Waals surface area contributed by atoms with Crippen molar-refractivity contribution in [3.8, 4) is 0 Å². The summed E-state index contributed by atoms with van der Waals surface area (Å²) in [5, 5.41) is 0. The van der Waals surface area contributed by atoms with Gasteiger partial charge in [-0.2, -0.15) is 0 Å². The molecule has 0 aliphatic carbocycles. The van der Waals surface area contributed by atoms with Crippen LogP contribution in [0.3, 0.4) is 0 Å². The highest BCUT2D eigenvalue weighted by Gasteiger charge is 2.40. The molecule has 0 spiro atoms. The molecule has 0 saturated carbocycles. The lowest BCUT2D eigenvalue weighted by atomic mass is 9.81. The molecule has 0 N–H and O–H groups in total. The molecule has 2 atom stereocenters. The van der Waals surface area contributed by atoms with E-state index in [1.807, 2.05) is 20.2 Å². The van der Waals surface area contributed by atoms with Gasteiger partial charge in [-0.05, 0) is 43.4 Å². The van der Waals surface area contributed by atoms with Crippen LogP contribution < -0.4 is 4.67 Å². The fourth-order valence-electron chi connectivity index (χ4n) is 2.33. The standard InChI is InChI=1S/C15H25N2OPS/c1-15(2,3)13-11-17(14-9-7-6-8-10-14)19(20,16(4)5)18-12-13/h6-10,13H,11-12H2,1-5H3/t13-,19+/m1/s1. The highest BCUT2D eigenvalue weighted by atomic mass is 32.5. The molecule has 1 saturated heterocycles. The third kappa shape index (κ3) is 3.09. The smallest absolute Gasteiger partial charge is 0.228 e. The zero-order chi connectivity index (χ0) is 15.0. The van der Waals surface area contributed by atoms with E-state index in [0.717, 1.165) is 13.2 Å². The van der Waals surface area contributed by atoms with Gasteiger partial charge >= 0.3 is 0 Å². The highest BCUT2D eigenvalue weighted by molar-refractivity contribution is 8.11. The Hall–Kier alpha value is -0.410. The van der Waals surface area contributed by atoms with Crippen LogP contribution in [0.1, 0.15) is 20.8 Å². The fraction of sp³-hybridized carbons (Fsp3) is 0.600. The van der Waals surface area contributed by atoms with Crippen LogP contribution >= 0.6 is 6.57 Å². The molecule has 112 valence electrons. The maximum Gasteiger partial charge on any atom is 0.228 e. The Kier molecular flexibility index (Phi) is 4.60. The summed E-state index contributed by atoms with van der Waals surface area (Å²) < 4.78 is 10.6. The summed E-state index contributed by atoms with van der Waals surface area (Å²) in [4.78, 5) is 0. The summed E-state index contributed by atoms with van der Waals surface area (Å²) in [6, 6.07) is 10.4. The third-order valence-corrected chi connectivity index (χ3v) is 8.31. The van der Waals surface area contributed by atoms with Crippen LogP contribution in [0.15, 0.2) is 30.3 Å². The second-order valence-corrected chi connectivity index (χ2v) is 10.6. The molecule has 1 aromatic carbocycles. The number of hydrogen-bond donors (Lipinski definition) is 0. The number of anilines is 1. The van der Waals surface area contributed by atoms with Gasteiger partial charge in [0.15, 0.2) is 0 Å². The monoisotopic (exact) mass is 312 g/mol. The van der Waals surface area contributed by atoms with Gasteiger partial charge in [0.05, 0.1) is 6.61 Å². The minimum Gasteiger partial charge on any atom is -0.322 e. The predicted octanol–water partition coefficient (Wildman–Crippen LogP) is 3.97. The second-order valence-electron chi connectivity index (χ2n) is 6.61. The summed E-state index contributed by atoms with van der Waals surface area (Å²) in [5.74, 6) is 0.485. The maximum absolute atomic E-state index is 6.21. The molecular weight excluding hydrogens is 287 g/mol. The van der Waals surface area contributed by atoms with Gasteiger partial charge in [0.1, 0.15) is 0 Å². The predicted molar refractivity (Wildman–Crippen MR) is 90.7 cm³/mol. The van der Waals surface area contributed by atoms with Gasteiger partial charge in [0.2, 0.25) is 6.57 Å². The Labute approximate surface area is 128 Å². The Morgan fingerprint density at radius 1 is 1.25 bits per heavy atom. The van der Waals surface area contributed by atoms with Crippen molar-refractivity contribution in [2.45, 2.75) is 20.8 Å². The van der Waals surface area contributed by atoms with Gasteiger partial charge in [-0.1, -0.05) is 39.0 Å². The average Bonchev–Trinajstić information content (AvgIpc) is 2.38. The van der Waals surface area contributed by atoms with Crippen molar-refractivity contribution in [2.24, 2.45) is 11.3 Å². The van der Waals surface area contributed by atoms with E-state index in [1.165, 1.54) is 5.69 Å². The Morgan fingerprint density at radius 2 is 1.85 bits per heavy atom. The first kappa shape index (κ1) is 16.0. The maximum atomic E-state index is 6.21. The van der Waals surface area contributed by atoms with E-state index in [9.17, 15) is 0 Å². The Balaban J connectivity index is 2.37. The van der Waals surface area contributed by atoms with Crippen LogP contribution in [0.25, 0.3) is 0 Å². The Bertz CT molecular complexity index is 498. The van der Waals surface area contributed by atoms with Gasteiger partial charge < -0.3 is 9.19 Å². The van der Waals surface area contributed by atoms with Gasteiger partial charge in [-0.15, -0.1) is 0 Å². The van der Waals surface area contributed by atoms with Crippen LogP contribution in [-0.4, -0.2) is 31.9 Å². The first-order valence-electron chi connectivity index (χ1n) is 7.00. The van der Waals surface area contributed by atoms with Crippen LogP contribution in [0, 0.1) is 11.3 Å². The fourth-order valence-corrected chi connectivity index (χ4v) is 5.00. The lowest BCUT2D eigenvalue weighted by molar-refractivity contribution is 0.140. The number of benzene rings is 1. The average molecular weight is 312 g/mol. The number of hydrogen-bond acceptors (Lipinski definition) is 2. The summed E-state index contributed by atoms with van der Waals surface area (Å²) in [7, 11) is 4.04. The van der Waals surface area contributed by atoms with E-state index in [4.69, 9.17) is 16.3 Å². The quantitative estimate of drug-likeness (QED) is 0.768. The molecule has 0 amide bonds. The molecular formula is C15H25N2OPS. The Morgan fingerprint density at radius 3 is 2.35 bits per heavy atom. The van der Waals surface area contributed by atoms with Crippen molar-refractivity contribution in [3.05, 3.63) is 30.3 Å². The molecule has 1 aromatic rings. The number of para-hydroxylation sites is 1. The highest BCUT2D eigenvalue weighted by Crippen LogP contribution is 2.58. The molecule has 0 radical (unpaired) electrons.